The SMILES string of the molecule is Cc1ccc(-c2nnc(CN3CCCN(c4ccc(C(F)(F)F)cn4)CC3)o2)cc1. The zero-order valence-electron chi connectivity index (χ0n) is 16.6. The minimum atomic E-state index is -4.37. The van der Waals surface area contributed by atoms with Gasteiger partial charge in [0.25, 0.3) is 0 Å². The van der Waals surface area contributed by atoms with Gasteiger partial charge in [-0.1, -0.05) is 17.7 Å². The van der Waals surface area contributed by atoms with Gasteiger partial charge in [-0.2, -0.15) is 13.2 Å². The van der Waals surface area contributed by atoms with Gasteiger partial charge in [-0.25, -0.2) is 4.98 Å². The standard InChI is InChI=1S/C21H22F3N5O/c1-15-3-5-16(6-4-15)20-27-26-19(30-20)14-28-9-2-10-29(12-11-28)18-8-7-17(13-25-18)21(22,23)24/h3-8,13H,2,9-12,14H2,1H3. The van der Waals surface area contributed by atoms with Crippen LogP contribution in [0.4, 0.5) is 19.0 Å². The van der Waals surface area contributed by atoms with E-state index in [-0.39, 0.29) is 0 Å². The molecule has 0 spiro atoms. The molecular weight excluding hydrogens is 395 g/mol. The van der Waals surface area contributed by atoms with Gasteiger partial charge in [0.05, 0.1) is 12.1 Å². The predicted octanol–water partition coefficient (Wildman–Crippen LogP) is 4.17. The summed E-state index contributed by atoms with van der Waals surface area (Å²) < 4.78 is 44.0. The second-order valence-electron chi connectivity index (χ2n) is 7.39. The number of aryl methyl sites for hydroxylation is 1. The summed E-state index contributed by atoms with van der Waals surface area (Å²) in [6.45, 7) is 5.51. The smallest absolute Gasteiger partial charge is 0.417 e. The second-order valence-corrected chi connectivity index (χ2v) is 7.39. The average molecular weight is 417 g/mol. The van der Waals surface area contributed by atoms with Crippen molar-refractivity contribution in [2.75, 3.05) is 31.1 Å². The van der Waals surface area contributed by atoms with E-state index in [0.717, 1.165) is 49.4 Å². The van der Waals surface area contributed by atoms with Crippen LogP contribution in [0.3, 0.4) is 0 Å². The van der Waals surface area contributed by atoms with Crippen LogP contribution in [-0.4, -0.2) is 46.3 Å². The molecule has 1 aromatic carbocycles. The average Bonchev–Trinajstić information content (AvgIpc) is 3.06. The maximum absolute atomic E-state index is 12.7. The Bertz CT molecular complexity index is 970. The molecular formula is C21H22F3N5O. The van der Waals surface area contributed by atoms with E-state index in [1.54, 1.807) is 0 Å². The molecule has 2 aromatic heterocycles. The fourth-order valence-electron chi connectivity index (χ4n) is 3.42. The van der Waals surface area contributed by atoms with E-state index >= 15 is 0 Å². The molecule has 0 radical (unpaired) electrons. The van der Waals surface area contributed by atoms with Gasteiger partial charge in [0.15, 0.2) is 0 Å². The van der Waals surface area contributed by atoms with Crippen LogP contribution in [0.25, 0.3) is 11.5 Å². The largest absolute Gasteiger partial charge is 0.419 e. The molecule has 0 N–H and O–H groups in total. The monoisotopic (exact) mass is 417 g/mol. The lowest BCUT2D eigenvalue weighted by molar-refractivity contribution is -0.137. The number of benzene rings is 1. The Hall–Kier alpha value is -2.94. The lowest BCUT2D eigenvalue weighted by Crippen LogP contribution is -2.31. The molecule has 158 valence electrons. The molecule has 4 rings (SSSR count). The Morgan fingerprint density at radius 2 is 1.77 bits per heavy atom. The van der Waals surface area contributed by atoms with Crippen LogP contribution in [-0.2, 0) is 12.7 Å². The van der Waals surface area contributed by atoms with Crippen molar-refractivity contribution in [2.24, 2.45) is 0 Å². The fraction of sp³-hybridized carbons (Fsp3) is 0.381. The number of rotatable bonds is 4. The summed E-state index contributed by atoms with van der Waals surface area (Å²) in [4.78, 5) is 8.22. The molecule has 0 saturated carbocycles. The van der Waals surface area contributed by atoms with Gasteiger partial charge in [0.2, 0.25) is 11.8 Å². The maximum atomic E-state index is 12.7. The molecule has 0 unspecified atom stereocenters. The first-order valence-corrected chi connectivity index (χ1v) is 9.78. The third-order valence-corrected chi connectivity index (χ3v) is 5.11. The van der Waals surface area contributed by atoms with Crippen LogP contribution in [0.5, 0.6) is 0 Å². The summed E-state index contributed by atoms with van der Waals surface area (Å²) in [5.41, 5.74) is 1.31. The molecule has 30 heavy (non-hydrogen) atoms. The zero-order chi connectivity index (χ0) is 21.1. The normalized spacial score (nSPS) is 15.9. The minimum Gasteiger partial charge on any atom is -0.419 e. The molecule has 0 atom stereocenters. The summed E-state index contributed by atoms with van der Waals surface area (Å²) >= 11 is 0. The zero-order valence-corrected chi connectivity index (χ0v) is 16.6. The van der Waals surface area contributed by atoms with Gasteiger partial charge < -0.3 is 9.32 Å². The molecule has 0 amide bonds. The number of alkyl halides is 3. The Labute approximate surface area is 172 Å². The van der Waals surface area contributed by atoms with Crippen LogP contribution in [0, 0.1) is 6.92 Å². The first-order valence-electron chi connectivity index (χ1n) is 9.78. The highest BCUT2D eigenvalue weighted by molar-refractivity contribution is 5.52. The third-order valence-electron chi connectivity index (χ3n) is 5.11. The van der Waals surface area contributed by atoms with Gasteiger partial charge in [0.1, 0.15) is 5.82 Å². The first-order chi connectivity index (χ1) is 14.4. The molecule has 3 heterocycles. The minimum absolute atomic E-state index is 0.496. The van der Waals surface area contributed by atoms with Crippen molar-refractivity contribution in [3.63, 3.8) is 0 Å². The lowest BCUT2D eigenvalue weighted by Gasteiger charge is -2.22. The molecule has 1 saturated heterocycles. The first kappa shape index (κ1) is 20.3. The van der Waals surface area contributed by atoms with Crippen molar-refractivity contribution in [1.29, 1.82) is 0 Å². The quantitative estimate of drug-likeness (QED) is 0.635. The lowest BCUT2D eigenvalue weighted by atomic mass is 10.1. The van der Waals surface area contributed by atoms with Gasteiger partial charge in [-0.15, -0.1) is 10.2 Å². The molecule has 0 aliphatic carbocycles. The topological polar surface area (TPSA) is 58.3 Å². The summed E-state index contributed by atoms with van der Waals surface area (Å²) in [5, 5.41) is 8.30. The number of pyridine rings is 1. The summed E-state index contributed by atoms with van der Waals surface area (Å²) in [6, 6.07) is 10.4. The molecule has 1 aliphatic rings. The number of aromatic nitrogens is 3. The van der Waals surface area contributed by atoms with Gasteiger partial charge in [-0.3, -0.25) is 4.90 Å². The number of anilines is 1. The number of halogens is 3. The molecule has 3 aromatic rings. The molecule has 9 heteroatoms. The Morgan fingerprint density at radius 1 is 0.967 bits per heavy atom. The van der Waals surface area contributed by atoms with E-state index in [4.69, 9.17) is 4.42 Å². The summed E-state index contributed by atoms with van der Waals surface area (Å²) in [6.07, 6.45) is -2.62. The molecule has 0 bridgehead atoms. The van der Waals surface area contributed by atoms with E-state index in [0.29, 0.717) is 30.7 Å². The van der Waals surface area contributed by atoms with Crippen LogP contribution in [0.1, 0.15) is 23.4 Å². The van der Waals surface area contributed by atoms with E-state index in [1.165, 1.54) is 6.07 Å². The Balaban J connectivity index is 1.36. The van der Waals surface area contributed by atoms with Crippen LogP contribution >= 0.6 is 0 Å². The van der Waals surface area contributed by atoms with Crippen molar-refractivity contribution in [2.45, 2.75) is 26.1 Å². The van der Waals surface area contributed by atoms with E-state index in [2.05, 4.69) is 20.1 Å². The molecule has 6 nitrogen and oxygen atoms in total. The predicted molar refractivity (Wildman–Crippen MR) is 106 cm³/mol. The van der Waals surface area contributed by atoms with Crippen molar-refractivity contribution in [3.8, 4) is 11.5 Å². The van der Waals surface area contributed by atoms with Crippen molar-refractivity contribution >= 4 is 5.82 Å². The van der Waals surface area contributed by atoms with E-state index in [9.17, 15) is 13.2 Å². The fourth-order valence-corrected chi connectivity index (χ4v) is 3.42. The third kappa shape index (κ3) is 4.79. The van der Waals surface area contributed by atoms with Crippen LogP contribution in [0.2, 0.25) is 0 Å². The van der Waals surface area contributed by atoms with Gasteiger partial charge >= 0.3 is 6.18 Å². The molecule has 1 fully saturated rings. The van der Waals surface area contributed by atoms with Crippen molar-refractivity contribution in [3.05, 3.63) is 59.6 Å². The second kappa shape index (κ2) is 8.43. The highest BCUT2D eigenvalue weighted by Gasteiger charge is 2.31. The van der Waals surface area contributed by atoms with Crippen LogP contribution < -0.4 is 4.90 Å². The summed E-state index contributed by atoms with van der Waals surface area (Å²) in [7, 11) is 0. The number of nitrogens with zero attached hydrogens (tertiary/aromatic N) is 5. The highest BCUT2D eigenvalue weighted by Crippen LogP contribution is 2.29. The highest BCUT2D eigenvalue weighted by atomic mass is 19.4. The van der Waals surface area contributed by atoms with E-state index in [1.807, 2.05) is 36.1 Å². The Kier molecular flexibility index (Phi) is 5.72. The van der Waals surface area contributed by atoms with Gasteiger partial charge in [-0.05, 0) is 37.6 Å². The van der Waals surface area contributed by atoms with Gasteiger partial charge in [0, 0.05) is 37.9 Å². The summed E-state index contributed by atoms with van der Waals surface area (Å²) in [5.74, 6) is 1.60. The Morgan fingerprint density at radius 3 is 2.47 bits per heavy atom. The number of hydrogen-bond acceptors (Lipinski definition) is 6. The molecule has 1 aliphatic heterocycles. The maximum Gasteiger partial charge on any atom is 0.417 e. The number of hydrogen-bond donors (Lipinski definition) is 0. The van der Waals surface area contributed by atoms with Crippen LogP contribution in [0.15, 0.2) is 47.0 Å². The van der Waals surface area contributed by atoms with Crippen molar-refractivity contribution < 1.29 is 17.6 Å². The van der Waals surface area contributed by atoms with Crippen molar-refractivity contribution in [1.82, 2.24) is 20.1 Å². The van der Waals surface area contributed by atoms with E-state index < -0.39 is 11.7 Å².